The Bertz CT molecular complexity index is 704. The summed E-state index contributed by atoms with van der Waals surface area (Å²) < 4.78 is 20.9. The van der Waals surface area contributed by atoms with E-state index in [1.54, 1.807) is 0 Å². The zero-order chi connectivity index (χ0) is 19.6. The predicted octanol–water partition coefficient (Wildman–Crippen LogP) is 3.70. The van der Waals surface area contributed by atoms with Gasteiger partial charge in [0.15, 0.2) is 0 Å². The summed E-state index contributed by atoms with van der Waals surface area (Å²) in [6, 6.07) is 0. The van der Waals surface area contributed by atoms with Crippen LogP contribution in [0.1, 0.15) is 74.5 Å². The van der Waals surface area contributed by atoms with Gasteiger partial charge in [0.1, 0.15) is 6.10 Å². The summed E-state index contributed by atoms with van der Waals surface area (Å²) in [5, 5.41) is 11.2. The molecule has 26 heavy (non-hydrogen) atoms. The molecule has 5 aliphatic rings. The fourth-order valence-electron chi connectivity index (χ4n) is 8.40. The van der Waals surface area contributed by atoms with Gasteiger partial charge in [-0.2, -0.15) is 0 Å². The smallest absolute Gasteiger partial charge is 0.302 e. The Kier molecular flexibility index (Phi) is 3.06. The number of carbonyl (C=O) groups is 1. The standard InChI is InChI=1S/C22H34O4/c1-12(23)25-16-7-8-19(2,3)13-6-9-22-11-20(4,17-18(22)26-17)15(24)10-14(22)21(13,16)5/h13-18,24H,6-11H2,1-5H3/t13?,14-,15-,16-,17-,18+,20+,21+,22-/m0/s1/i15D. The maximum Gasteiger partial charge on any atom is 0.302 e. The number of rotatable bonds is 1. The lowest BCUT2D eigenvalue weighted by atomic mass is 9.39. The molecule has 5 fully saturated rings. The third-order valence-electron chi connectivity index (χ3n) is 9.53. The molecule has 4 aliphatic carbocycles. The van der Waals surface area contributed by atoms with Crippen molar-refractivity contribution < 1.29 is 20.7 Å². The van der Waals surface area contributed by atoms with Crippen molar-refractivity contribution in [3.8, 4) is 0 Å². The number of ether oxygens (including phenoxy) is 2. The summed E-state index contributed by atoms with van der Waals surface area (Å²) in [6.07, 6.45) is 4.08. The topological polar surface area (TPSA) is 59.1 Å². The molecule has 0 aromatic heterocycles. The van der Waals surface area contributed by atoms with Gasteiger partial charge in [0.25, 0.3) is 0 Å². The Balaban J connectivity index is 1.64. The van der Waals surface area contributed by atoms with Crippen LogP contribution in [0, 0.1) is 33.5 Å². The highest BCUT2D eigenvalue weighted by atomic mass is 16.6. The van der Waals surface area contributed by atoms with Gasteiger partial charge in [-0.1, -0.05) is 27.7 Å². The van der Waals surface area contributed by atoms with Gasteiger partial charge in [0.2, 0.25) is 0 Å². The fourth-order valence-corrected chi connectivity index (χ4v) is 8.40. The van der Waals surface area contributed by atoms with E-state index in [9.17, 15) is 9.90 Å². The van der Waals surface area contributed by atoms with E-state index in [1.165, 1.54) is 6.92 Å². The lowest BCUT2D eigenvalue weighted by Gasteiger charge is -2.66. The van der Waals surface area contributed by atoms with E-state index in [2.05, 4.69) is 27.7 Å². The van der Waals surface area contributed by atoms with E-state index in [0.29, 0.717) is 12.3 Å². The van der Waals surface area contributed by atoms with Gasteiger partial charge in [-0.05, 0) is 55.8 Å². The molecule has 0 aromatic carbocycles. The lowest BCUT2D eigenvalue weighted by molar-refractivity contribution is -0.238. The molecule has 0 aromatic rings. The largest absolute Gasteiger partial charge is 0.462 e. The highest BCUT2D eigenvalue weighted by Gasteiger charge is 2.80. The molecule has 1 aliphatic heterocycles. The summed E-state index contributed by atoms with van der Waals surface area (Å²) in [4.78, 5) is 11.9. The molecule has 1 saturated heterocycles. The monoisotopic (exact) mass is 363 g/mol. The van der Waals surface area contributed by atoms with Crippen molar-refractivity contribution in [3.63, 3.8) is 0 Å². The van der Waals surface area contributed by atoms with Gasteiger partial charge >= 0.3 is 5.97 Å². The van der Waals surface area contributed by atoms with Crippen LogP contribution in [-0.2, 0) is 14.3 Å². The van der Waals surface area contributed by atoms with Crippen LogP contribution >= 0.6 is 0 Å². The minimum Gasteiger partial charge on any atom is -0.462 e. The quantitative estimate of drug-likeness (QED) is 0.570. The van der Waals surface area contributed by atoms with Gasteiger partial charge in [0.05, 0.1) is 19.7 Å². The van der Waals surface area contributed by atoms with Crippen LogP contribution in [0.3, 0.4) is 0 Å². The van der Waals surface area contributed by atoms with Gasteiger partial charge in [-0.3, -0.25) is 4.79 Å². The molecule has 1 unspecified atom stereocenters. The third-order valence-corrected chi connectivity index (χ3v) is 9.53. The second kappa shape index (κ2) is 4.86. The third kappa shape index (κ3) is 1.86. The Hall–Kier alpha value is -0.610. The van der Waals surface area contributed by atoms with Gasteiger partial charge in [-0.15, -0.1) is 0 Å². The van der Waals surface area contributed by atoms with Crippen molar-refractivity contribution in [1.29, 1.82) is 0 Å². The van der Waals surface area contributed by atoms with Crippen LogP contribution in [0.15, 0.2) is 0 Å². The summed E-state index contributed by atoms with van der Waals surface area (Å²) >= 11 is 0. The van der Waals surface area contributed by atoms with Crippen LogP contribution in [0.4, 0.5) is 0 Å². The first-order chi connectivity index (χ1) is 12.4. The first-order valence-corrected chi connectivity index (χ1v) is 10.4. The van der Waals surface area contributed by atoms with Crippen molar-refractivity contribution in [2.75, 3.05) is 0 Å². The molecular weight excluding hydrogens is 328 g/mol. The van der Waals surface area contributed by atoms with Gasteiger partial charge in [0, 0.05) is 23.2 Å². The molecule has 1 N–H and O–H groups in total. The first kappa shape index (κ1) is 16.4. The van der Waals surface area contributed by atoms with Crippen LogP contribution in [0.5, 0.6) is 0 Å². The lowest BCUT2D eigenvalue weighted by Crippen LogP contribution is -2.65. The molecule has 4 heteroatoms. The molecule has 9 atom stereocenters. The Morgan fingerprint density at radius 1 is 1.15 bits per heavy atom. The average Bonchev–Trinajstić information content (AvgIpc) is 3.30. The Morgan fingerprint density at radius 3 is 2.58 bits per heavy atom. The van der Waals surface area contributed by atoms with E-state index < -0.39 is 11.5 Å². The molecule has 146 valence electrons. The molecule has 0 radical (unpaired) electrons. The molecule has 4 nitrogen and oxygen atoms in total. The minimum atomic E-state index is -1.48. The Morgan fingerprint density at radius 2 is 1.88 bits per heavy atom. The van der Waals surface area contributed by atoms with Crippen LogP contribution in [0.25, 0.3) is 0 Å². The zero-order valence-electron chi connectivity index (χ0n) is 17.8. The van der Waals surface area contributed by atoms with E-state index in [4.69, 9.17) is 10.8 Å². The number of hydrogen-bond donors (Lipinski definition) is 1. The number of esters is 1. The molecule has 0 amide bonds. The van der Waals surface area contributed by atoms with Crippen LogP contribution < -0.4 is 0 Å². The summed E-state index contributed by atoms with van der Waals surface area (Å²) in [7, 11) is 0. The highest BCUT2D eigenvalue weighted by Crippen LogP contribution is 2.78. The average molecular weight is 364 g/mol. The van der Waals surface area contributed by atoms with E-state index in [0.717, 1.165) is 32.1 Å². The fraction of sp³-hybridized carbons (Fsp3) is 0.955. The molecule has 4 saturated carbocycles. The second-order valence-electron chi connectivity index (χ2n) is 11.1. The Labute approximate surface area is 158 Å². The molecule has 2 bridgehead atoms. The highest BCUT2D eigenvalue weighted by molar-refractivity contribution is 5.66. The molecule has 1 heterocycles. The summed E-state index contributed by atoms with van der Waals surface area (Å²) in [5.41, 5.74) is -0.485. The summed E-state index contributed by atoms with van der Waals surface area (Å²) in [6.45, 7) is 10.6. The number of epoxide rings is 1. The van der Waals surface area contributed by atoms with E-state index in [1.807, 2.05) is 0 Å². The maximum absolute atomic E-state index is 11.9. The van der Waals surface area contributed by atoms with E-state index in [-0.39, 0.29) is 46.4 Å². The molecular formula is C22H34O4. The number of fused-ring (bicyclic) bond motifs is 5. The van der Waals surface area contributed by atoms with Gasteiger partial charge in [-0.25, -0.2) is 0 Å². The number of hydrogen-bond acceptors (Lipinski definition) is 4. The van der Waals surface area contributed by atoms with Crippen molar-refractivity contribution in [2.24, 2.45) is 33.5 Å². The molecule has 5 rings (SSSR count). The van der Waals surface area contributed by atoms with Gasteiger partial charge < -0.3 is 14.6 Å². The predicted molar refractivity (Wildman–Crippen MR) is 97.3 cm³/mol. The van der Waals surface area contributed by atoms with Crippen molar-refractivity contribution in [1.82, 2.24) is 0 Å². The zero-order valence-corrected chi connectivity index (χ0v) is 16.8. The van der Waals surface area contributed by atoms with Crippen molar-refractivity contribution in [2.45, 2.75) is 97.5 Å². The van der Waals surface area contributed by atoms with Crippen molar-refractivity contribution >= 4 is 5.97 Å². The van der Waals surface area contributed by atoms with Crippen LogP contribution in [0.2, 0.25) is 0 Å². The number of carbonyl (C=O) groups excluding carboxylic acids is 1. The van der Waals surface area contributed by atoms with Crippen LogP contribution in [-0.4, -0.2) is 35.5 Å². The molecule has 1 spiro atoms. The van der Waals surface area contributed by atoms with E-state index >= 15 is 0 Å². The second-order valence-corrected chi connectivity index (χ2v) is 11.1. The minimum absolute atomic E-state index is 0.0222. The number of aliphatic hydroxyl groups is 1. The first-order valence-electron chi connectivity index (χ1n) is 10.9. The normalized spacial score (nSPS) is 62.4. The SMILES string of the molecule is [2H][C@]1(O)C[C@@H]2[C@]3(CCC4C(C)(C)CC[C@H](OC(C)=O)[C@]42C)C[C@@]1(C)[C@H]1O[C@H]13. The maximum atomic E-state index is 11.9. The summed E-state index contributed by atoms with van der Waals surface area (Å²) in [5.74, 6) is 0.366. The van der Waals surface area contributed by atoms with Crippen molar-refractivity contribution in [3.05, 3.63) is 0 Å².